The van der Waals surface area contributed by atoms with Crippen LogP contribution >= 0.6 is 0 Å². The topological polar surface area (TPSA) is 58.6 Å². The molecule has 1 atom stereocenters. The van der Waals surface area contributed by atoms with Crippen molar-refractivity contribution in [3.63, 3.8) is 0 Å². The molecule has 0 amide bonds. The fourth-order valence-corrected chi connectivity index (χ4v) is 3.14. The van der Waals surface area contributed by atoms with E-state index < -0.39 is 5.97 Å². The normalized spacial score (nSPS) is 16.7. The highest BCUT2D eigenvalue weighted by Crippen LogP contribution is 2.32. The molecule has 3 rings (SSSR count). The predicted molar refractivity (Wildman–Crippen MR) is 88.9 cm³/mol. The van der Waals surface area contributed by atoms with Gasteiger partial charge in [-0.3, -0.25) is 0 Å². The average molecular weight is 311 g/mol. The van der Waals surface area contributed by atoms with Gasteiger partial charge in [0.05, 0.1) is 12.7 Å². The van der Waals surface area contributed by atoms with E-state index in [2.05, 4.69) is 17.4 Å². The van der Waals surface area contributed by atoms with Crippen molar-refractivity contribution in [3.8, 4) is 5.75 Å². The monoisotopic (exact) mass is 311 g/mol. The van der Waals surface area contributed by atoms with Gasteiger partial charge in [-0.05, 0) is 60.2 Å². The van der Waals surface area contributed by atoms with Crippen molar-refractivity contribution in [3.05, 3.63) is 64.7 Å². The van der Waals surface area contributed by atoms with E-state index in [0.717, 1.165) is 37.1 Å². The van der Waals surface area contributed by atoms with Gasteiger partial charge in [-0.2, -0.15) is 0 Å². The standard InChI is InChI=1S/C19H21NO3/c1-23-16-9-10-17-15(11-16)3-2-4-18(17)20-12-13-5-7-14(8-6-13)19(21)22/h5-11,18,20H,2-4,12H2,1H3,(H,21,22). The second-order valence-electron chi connectivity index (χ2n) is 5.89. The van der Waals surface area contributed by atoms with Gasteiger partial charge in [0.25, 0.3) is 0 Å². The Bertz CT molecular complexity index is 694. The third kappa shape index (κ3) is 3.54. The van der Waals surface area contributed by atoms with Gasteiger partial charge in [-0.25, -0.2) is 4.79 Å². The molecule has 23 heavy (non-hydrogen) atoms. The van der Waals surface area contributed by atoms with E-state index in [1.807, 2.05) is 18.2 Å². The first-order valence-corrected chi connectivity index (χ1v) is 7.90. The van der Waals surface area contributed by atoms with Crippen molar-refractivity contribution in [2.75, 3.05) is 7.11 Å². The third-order valence-electron chi connectivity index (χ3n) is 4.42. The fourth-order valence-electron chi connectivity index (χ4n) is 3.14. The maximum atomic E-state index is 10.9. The van der Waals surface area contributed by atoms with Crippen LogP contribution in [0.3, 0.4) is 0 Å². The number of aromatic carboxylic acids is 1. The minimum Gasteiger partial charge on any atom is -0.497 e. The molecule has 1 aliphatic carbocycles. The Labute approximate surface area is 136 Å². The molecule has 0 bridgehead atoms. The van der Waals surface area contributed by atoms with E-state index in [1.165, 1.54) is 11.1 Å². The van der Waals surface area contributed by atoms with Gasteiger partial charge in [0, 0.05) is 12.6 Å². The van der Waals surface area contributed by atoms with Gasteiger partial charge in [0.1, 0.15) is 5.75 Å². The number of hydrogen-bond donors (Lipinski definition) is 2. The van der Waals surface area contributed by atoms with Gasteiger partial charge in [-0.15, -0.1) is 0 Å². The summed E-state index contributed by atoms with van der Waals surface area (Å²) in [4.78, 5) is 10.9. The van der Waals surface area contributed by atoms with Gasteiger partial charge in [-0.1, -0.05) is 18.2 Å². The van der Waals surface area contributed by atoms with Crippen molar-refractivity contribution in [2.24, 2.45) is 0 Å². The molecular formula is C19H21NO3. The number of carboxylic acid groups (broad SMARTS) is 1. The number of ether oxygens (including phenoxy) is 1. The zero-order valence-electron chi connectivity index (χ0n) is 13.2. The largest absolute Gasteiger partial charge is 0.497 e. The molecule has 0 fully saturated rings. The minimum absolute atomic E-state index is 0.323. The van der Waals surface area contributed by atoms with Crippen LogP contribution in [0.5, 0.6) is 5.75 Å². The van der Waals surface area contributed by atoms with E-state index in [1.54, 1.807) is 19.2 Å². The first-order valence-electron chi connectivity index (χ1n) is 7.90. The number of fused-ring (bicyclic) bond motifs is 1. The van der Waals surface area contributed by atoms with Crippen LogP contribution in [0.2, 0.25) is 0 Å². The second-order valence-corrected chi connectivity index (χ2v) is 5.89. The Morgan fingerprint density at radius 1 is 1.26 bits per heavy atom. The summed E-state index contributed by atoms with van der Waals surface area (Å²) >= 11 is 0. The van der Waals surface area contributed by atoms with Gasteiger partial charge in [0.2, 0.25) is 0 Å². The van der Waals surface area contributed by atoms with Crippen molar-refractivity contribution in [1.29, 1.82) is 0 Å². The quantitative estimate of drug-likeness (QED) is 0.886. The smallest absolute Gasteiger partial charge is 0.335 e. The molecule has 4 nitrogen and oxygen atoms in total. The van der Waals surface area contributed by atoms with Gasteiger partial charge >= 0.3 is 5.97 Å². The van der Waals surface area contributed by atoms with Crippen molar-refractivity contribution >= 4 is 5.97 Å². The molecule has 2 N–H and O–H groups in total. The highest BCUT2D eigenvalue weighted by Gasteiger charge is 2.20. The van der Waals surface area contributed by atoms with Gasteiger partial charge < -0.3 is 15.2 Å². The van der Waals surface area contributed by atoms with Crippen molar-refractivity contribution < 1.29 is 14.6 Å². The predicted octanol–water partition coefficient (Wildman–Crippen LogP) is 3.56. The lowest BCUT2D eigenvalue weighted by Gasteiger charge is -2.27. The second kappa shape index (κ2) is 6.84. The summed E-state index contributed by atoms with van der Waals surface area (Å²) in [6, 6.07) is 13.7. The third-order valence-corrected chi connectivity index (χ3v) is 4.42. The maximum absolute atomic E-state index is 10.9. The van der Waals surface area contributed by atoms with E-state index in [0.29, 0.717) is 11.6 Å². The molecule has 1 aliphatic rings. The summed E-state index contributed by atoms with van der Waals surface area (Å²) in [6.07, 6.45) is 3.38. The summed E-state index contributed by atoms with van der Waals surface area (Å²) in [5.41, 5.74) is 4.12. The Morgan fingerprint density at radius 3 is 2.74 bits per heavy atom. The Morgan fingerprint density at radius 2 is 2.04 bits per heavy atom. The van der Waals surface area contributed by atoms with Crippen LogP contribution in [-0.2, 0) is 13.0 Å². The highest BCUT2D eigenvalue weighted by atomic mass is 16.5. The number of hydrogen-bond acceptors (Lipinski definition) is 3. The average Bonchev–Trinajstić information content (AvgIpc) is 2.59. The highest BCUT2D eigenvalue weighted by molar-refractivity contribution is 5.87. The lowest BCUT2D eigenvalue weighted by molar-refractivity contribution is 0.0697. The summed E-state index contributed by atoms with van der Waals surface area (Å²) in [6.45, 7) is 0.732. The lowest BCUT2D eigenvalue weighted by atomic mass is 9.87. The first-order chi connectivity index (χ1) is 11.2. The Balaban J connectivity index is 1.68. The Kier molecular flexibility index (Phi) is 4.63. The van der Waals surface area contributed by atoms with Crippen LogP contribution in [0, 0.1) is 0 Å². The minimum atomic E-state index is -0.889. The van der Waals surface area contributed by atoms with Crippen LogP contribution < -0.4 is 10.1 Å². The number of rotatable bonds is 5. The molecule has 0 aliphatic heterocycles. The number of methoxy groups -OCH3 is 1. The van der Waals surface area contributed by atoms with Crippen LogP contribution in [0.15, 0.2) is 42.5 Å². The van der Waals surface area contributed by atoms with E-state index >= 15 is 0 Å². The molecule has 0 aromatic heterocycles. The molecule has 2 aromatic carbocycles. The molecular weight excluding hydrogens is 290 g/mol. The fraction of sp³-hybridized carbons (Fsp3) is 0.316. The van der Waals surface area contributed by atoms with E-state index in [9.17, 15) is 4.79 Å². The van der Waals surface area contributed by atoms with Crippen LogP contribution in [0.25, 0.3) is 0 Å². The molecule has 2 aromatic rings. The number of carbonyl (C=O) groups is 1. The molecule has 120 valence electrons. The van der Waals surface area contributed by atoms with Crippen LogP contribution in [0.4, 0.5) is 0 Å². The Hall–Kier alpha value is -2.33. The molecule has 0 heterocycles. The molecule has 4 heteroatoms. The summed E-state index contributed by atoms with van der Waals surface area (Å²) in [7, 11) is 1.70. The number of benzene rings is 2. The molecule has 1 unspecified atom stereocenters. The number of carboxylic acids is 1. The zero-order valence-corrected chi connectivity index (χ0v) is 13.2. The lowest BCUT2D eigenvalue weighted by Crippen LogP contribution is -2.24. The molecule has 0 radical (unpaired) electrons. The van der Waals surface area contributed by atoms with E-state index in [-0.39, 0.29) is 0 Å². The molecule has 0 spiro atoms. The summed E-state index contributed by atoms with van der Waals surface area (Å²) < 4.78 is 5.31. The molecule has 0 saturated heterocycles. The van der Waals surface area contributed by atoms with Crippen molar-refractivity contribution in [2.45, 2.75) is 31.8 Å². The van der Waals surface area contributed by atoms with Crippen molar-refractivity contribution in [1.82, 2.24) is 5.32 Å². The van der Waals surface area contributed by atoms with Crippen LogP contribution in [-0.4, -0.2) is 18.2 Å². The maximum Gasteiger partial charge on any atom is 0.335 e. The number of aryl methyl sites for hydroxylation is 1. The zero-order chi connectivity index (χ0) is 16.2. The summed E-state index contributed by atoms with van der Waals surface area (Å²) in [5.74, 6) is 0.0216. The van der Waals surface area contributed by atoms with Crippen LogP contribution in [0.1, 0.15) is 45.9 Å². The number of nitrogens with one attached hydrogen (secondary N) is 1. The summed E-state index contributed by atoms with van der Waals surface area (Å²) in [5, 5.41) is 12.5. The SMILES string of the molecule is COc1ccc2c(c1)CCCC2NCc1ccc(C(=O)O)cc1. The van der Waals surface area contributed by atoms with E-state index in [4.69, 9.17) is 9.84 Å². The van der Waals surface area contributed by atoms with Gasteiger partial charge in [0.15, 0.2) is 0 Å². The molecule has 0 saturated carbocycles. The first kappa shape index (κ1) is 15.6.